The number of likely N-dealkylation sites (tertiary alicyclic amines) is 1. The third-order valence-corrected chi connectivity index (χ3v) is 4.74. The van der Waals surface area contributed by atoms with Gasteiger partial charge in [0.25, 0.3) is 0 Å². The monoisotopic (exact) mass is 253 g/mol. The molecule has 104 valence electrons. The Hall–Kier alpha value is -0.570. The molecule has 2 fully saturated rings. The van der Waals surface area contributed by atoms with Crippen LogP contribution in [0.15, 0.2) is 0 Å². The fourth-order valence-corrected chi connectivity index (χ4v) is 3.60. The first-order chi connectivity index (χ1) is 8.77. The number of aliphatic carboxylic acids is 1. The second kappa shape index (κ2) is 7.13. The third kappa shape index (κ3) is 3.98. The quantitative estimate of drug-likeness (QED) is 0.818. The van der Waals surface area contributed by atoms with Crippen LogP contribution in [0.3, 0.4) is 0 Å². The maximum atomic E-state index is 11.5. The van der Waals surface area contributed by atoms with E-state index in [0.29, 0.717) is 5.92 Å². The number of nitrogens with zero attached hydrogens (tertiary/aromatic N) is 1. The van der Waals surface area contributed by atoms with Crippen LogP contribution in [-0.2, 0) is 4.79 Å². The van der Waals surface area contributed by atoms with Crippen molar-refractivity contribution in [1.82, 2.24) is 4.90 Å². The Balaban J connectivity index is 1.79. The second-order valence-electron chi connectivity index (χ2n) is 6.03. The molecule has 0 aromatic heterocycles. The number of carboxylic acid groups (broad SMARTS) is 1. The van der Waals surface area contributed by atoms with E-state index in [1.54, 1.807) is 0 Å². The SMILES string of the molecule is O=C(O)C(CCN1CCCCC1)C1CCCCC1. The maximum Gasteiger partial charge on any atom is 0.306 e. The predicted molar refractivity (Wildman–Crippen MR) is 72.6 cm³/mol. The highest BCUT2D eigenvalue weighted by Gasteiger charge is 2.29. The summed E-state index contributed by atoms with van der Waals surface area (Å²) in [4.78, 5) is 13.9. The summed E-state index contributed by atoms with van der Waals surface area (Å²) in [6, 6.07) is 0. The van der Waals surface area contributed by atoms with Crippen LogP contribution in [0.25, 0.3) is 0 Å². The second-order valence-corrected chi connectivity index (χ2v) is 6.03. The van der Waals surface area contributed by atoms with Gasteiger partial charge in [-0.2, -0.15) is 0 Å². The lowest BCUT2D eigenvalue weighted by atomic mass is 9.78. The molecule has 1 unspecified atom stereocenters. The normalized spacial score (nSPS) is 24.9. The number of piperidine rings is 1. The number of hydrogen-bond acceptors (Lipinski definition) is 2. The highest BCUT2D eigenvalue weighted by atomic mass is 16.4. The number of hydrogen-bond donors (Lipinski definition) is 1. The van der Waals surface area contributed by atoms with Gasteiger partial charge in [0.2, 0.25) is 0 Å². The van der Waals surface area contributed by atoms with Gasteiger partial charge in [0, 0.05) is 0 Å². The molecule has 0 aromatic rings. The zero-order chi connectivity index (χ0) is 12.8. The Labute approximate surface area is 111 Å². The molecular formula is C15H27NO2. The summed E-state index contributed by atoms with van der Waals surface area (Å²) in [5.41, 5.74) is 0. The molecule has 2 aliphatic rings. The predicted octanol–water partition coefficient (Wildman–Crippen LogP) is 3.14. The Kier molecular flexibility index (Phi) is 5.48. The van der Waals surface area contributed by atoms with Crippen LogP contribution in [0.5, 0.6) is 0 Å². The van der Waals surface area contributed by atoms with E-state index in [2.05, 4.69) is 4.90 Å². The van der Waals surface area contributed by atoms with E-state index < -0.39 is 5.97 Å². The minimum absolute atomic E-state index is 0.0905. The standard InChI is InChI=1S/C15H27NO2/c17-15(18)14(13-7-3-1-4-8-13)9-12-16-10-5-2-6-11-16/h13-14H,1-12H2,(H,17,18). The lowest BCUT2D eigenvalue weighted by Crippen LogP contribution is -2.34. The zero-order valence-corrected chi connectivity index (χ0v) is 11.4. The third-order valence-electron chi connectivity index (χ3n) is 4.74. The maximum absolute atomic E-state index is 11.5. The minimum atomic E-state index is -0.557. The number of carbonyl (C=O) groups is 1. The Bertz CT molecular complexity index is 255. The Morgan fingerprint density at radius 2 is 1.67 bits per heavy atom. The lowest BCUT2D eigenvalue weighted by Gasteiger charge is -2.31. The van der Waals surface area contributed by atoms with Gasteiger partial charge >= 0.3 is 5.97 Å². The molecule has 1 aliphatic carbocycles. The van der Waals surface area contributed by atoms with Crippen molar-refractivity contribution in [2.24, 2.45) is 11.8 Å². The molecule has 1 atom stereocenters. The molecule has 0 spiro atoms. The smallest absolute Gasteiger partial charge is 0.306 e. The van der Waals surface area contributed by atoms with Crippen molar-refractivity contribution in [2.45, 2.75) is 57.8 Å². The Morgan fingerprint density at radius 1 is 1.06 bits per heavy atom. The van der Waals surface area contributed by atoms with Crippen molar-refractivity contribution in [3.8, 4) is 0 Å². The van der Waals surface area contributed by atoms with Gasteiger partial charge < -0.3 is 10.0 Å². The molecule has 1 aliphatic heterocycles. The summed E-state index contributed by atoms with van der Waals surface area (Å²) in [6.45, 7) is 3.35. The fourth-order valence-electron chi connectivity index (χ4n) is 3.60. The van der Waals surface area contributed by atoms with E-state index in [1.165, 1.54) is 51.6 Å². The van der Waals surface area contributed by atoms with Gasteiger partial charge in [-0.3, -0.25) is 4.79 Å². The number of carboxylic acids is 1. The van der Waals surface area contributed by atoms with Crippen LogP contribution >= 0.6 is 0 Å². The molecule has 3 heteroatoms. The molecule has 18 heavy (non-hydrogen) atoms. The summed E-state index contributed by atoms with van der Waals surface area (Å²) in [6.07, 6.45) is 10.8. The molecule has 0 radical (unpaired) electrons. The van der Waals surface area contributed by atoms with E-state index in [-0.39, 0.29) is 5.92 Å². The van der Waals surface area contributed by atoms with Crippen LogP contribution in [0.1, 0.15) is 57.8 Å². The average molecular weight is 253 g/mol. The van der Waals surface area contributed by atoms with Crippen molar-refractivity contribution < 1.29 is 9.90 Å². The highest BCUT2D eigenvalue weighted by Crippen LogP contribution is 2.32. The van der Waals surface area contributed by atoms with Gasteiger partial charge in [0.1, 0.15) is 0 Å². The summed E-state index contributed by atoms with van der Waals surface area (Å²) in [7, 11) is 0. The largest absolute Gasteiger partial charge is 0.481 e. The van der Waals surface area contributed by atoms with Gasteiger partial charge in [-0.15, -0.1) is 0 Å². The minimum Gasteiger partial charge on any atom is -0.481 e. The van der Waals surface area contributed by atoms with Crippen molar-refractivity contribution in [3.05, 3.63) is 0 Å². The van der Waals surface area contributed by atoms with E-state index in [9.17, 15) is 9.90 Å². The van der Waals surface area contributed by atoms with Crippen LogP contribution in [0.4, 0.5) is 0 Å². The summed E-state index contributed by atoms with van der Waals surface area (Å²) in [5.74, 6) is -0.202. The Morgan fingerprint density at radius 3 is 2.28 bits per heavy atom. The van der Waals surface area contributed by atoms with Crippen molar-refractivity contribution in [1.29, 1.82) is 0 Å². The molecule has 3 nitrogen and oxygen atoms in total. The molecule has 0 bridgehead atoms. The van der Waals surface area contributed by atoms with Gasteiger partial charge in [0.05, 0.1) is 5.92 Å². The van der Waals surface area contributed by atoms with Crippen LogP contribution in [0.2, 0.25) is 0 Å². The van der Waals surface area contributed by atoms with E-state index >= 15 is 0 Å². The molecule has 1 saturated heterocycles. The van der Waals surface area contributed by atoms with Gasteiger partial charge in [0.15, 0.2) is 0 Å². The van der Waals surface area contributed by atoms with Crippen LogP contribution in [-0.4, -0.2) is 35.6 Å². The van der Waals surface area contributed by atoms with E-state index in [4.69, 9.17) is 0 Å². The molecule has 1 heterocycles. The first kappa shape index (κ1) is 13.9. The van der Waals surface area contributed by atoms with Crippen LogP contribution in [0, 0.1) is 11.8 Å². The molecule has 0 aromatic carbocycles. The zero-order valence-electron chi connectivity index (χ0n) is 11.4. The van der Waals surface area contributed by atoms with Crippen molar-refractivity contribution >= 4 is 5.97 Å². The first-order valence-electron chi connectivity index (χ1n) is 7.72. The van der Waals surface area contributed by atoms with Crippen molar-refractivity contribution in [3.63, 3.8) is 0 Å². The topological polar surface area (TPSA) is 40.5 Å². The van der Waals surface area contributed by atoms with E-state index in [0.717, 1.165) is 25.8 Å². The van der Waals surface area contributed by atoms with Gasteiger partial charge in [-0.05, 0) is 57.7 Å². The van der Waals surface area contributed by atoms with Crippen molar-refractivity contribution in [2.75, 3.05) is 19.6 Å². The lowest BCUT2D eigenvalue weighted by molar-refractivity contribution is -0.144. The molecule has 0 amide bonds. The van der Waals surface area contributed by atoms with Crippen LogP contribution < -0.4 is 0 Å². The first-order valence-corrected chi connectivity index (χ1v) is 7.72. The van der Waals surface area contributed by atoms with Gasteiger partial charge in [-0.25, -0.2) is 0 Å². The summed E-state index contributed by atoms with van der Waals surface area (Å²) >= 11 is 0. The average Bonchev–Trinajstić information content (AvgIpc) is 2.41. The fraction of sp³-hybridized carbons (Fsp3) is 0.933. The molecular weight excluding hydrogens is 226 g/mol. The molecule has 1 saturated carbocycles. The van der Waals surface area contributed by atoms with Gasteiger partial charge in [-0.1, -0.05) is 25.7 Å². The van der Waals surface area contributed by atoms with E-state index in [1.807, 2.05) is 0 Å². The molecule has 1 N–H and O–H groups in total. The highest BCUT2D eigenvalue weighted by molar-refractivity contribution is 5.70. The summed E-state index contributed by atoms with van der Waals surface area (Å²) in [5, 5.41) is 9.44. The summed E-state index contributed by atoms with van der Waals surface area (Å²) < 4.78 is 0. The number of rotatable bonds is 5. The molecule has 2 rings (SSSR count).